The van der Waals surface area contributed by atoms with Crippen LogP contribution in [-0.2, 0) is 11.2 Å². The van der Waals surface area contributed by atoms with E-state index in [9.17, 15) is 14.4 Å². The molecule has 1 aliphatic heterocycles. The van der Waals surface area contributed by atoms with Gasteiger partial charge < -0.3 is 10.2 Å². The lowest BCUT2D eigenvalue weighted by Crippen LogP contribution is -2.27. The number of fused-ring (bicyclic) bond motifs is 1. The number of rotatable bonds is 5. The SMILES string of the molecule is Cc1nc2cc(=O)[nH]n2c(C)c1CCC(=O)Nc1cccc(C(=O)N2CCCC2)c1. The summed E-state index contributed by atoms with van der Waals surface area (Å²) in [5.41, 5.74) is 4.17. The maximum absolute atomic E-state index is 12.6. The Kier molecular flexibility index (Phi) is 5.39. The largest absolute Gasteiger partial charge is 0.339 e. The molecule has 0 saturated carbocycles. The zero-order chi connectivity index (χ0) is 21.3. The number of hydrogen-bond acceptors (Lipinski definition) is 4. The molecule has 2 aromatic heterocycles. The molecule has 0 radical (unpaired) electrons. The number of aromatic amines is 1. The van der Waals surface area contributed by atoms with Gasteiger partial charge in [0.25, 0.3) is 11.5 Å². The highest BCUT2D eigenvalue weighted by atomic mass is 16.2. The summed E-state index contributed by atoms with van der Waals surface area (Å²) in [5, 5.41) is 5.61. The second kappa shape index (κ2) is 8.14. The molecule has 1 fully saturated rings. The molecule has 0 unspecified atom stereocenters. The van der Waals surface area contributed by atoms with E-state index in [0.29, 0.717) is 23.3 Å². The van der Waals surface area contributed by atoms with Crippen molar-refractivity contribution >= 4 is 23.1 Å². The Bertz CT molecular complexity index is 1170. The third kappa shape index (κ3) is 3.98. The molecule has 4 rings (SSSR count). The Hall–Kier alpha value is -3.42. The lowest BCUT2D eigenvalue weighted by atomic mass is 10.1. The molecular weight excluding hydrogens is 382 g/mol. The minimum atomic E-state index is -0.205. The molecule has 1 saturated heterocycles. The van der Waals surface area contributed by atoms with Crippen LogP contribution in [0.3, 0.4) is 0 Å². The van der Waals surface area contributed by atoms with E-state index in [2.05, 4.69) is 15.4 Å². The molecule has 2 amide bonds. The van der Waals surface area contributed by atoms with E-state index in [1.165, 1.54) is 6.07 Å². The second-order valence-corrected chi connectivity index (χ2v) is 7.70. The fourth-order valence-corrected chi connectivity index (χ4v) is 4.01. The Morgan fingerprint density at radius 2 is 1.93 bits per heavy atom. The van der Waals surface area contributed by atoms with Crippen LogP contribution in [0.5, 0.6) is 0 Å². The van der Waals surface area contributed by atoms with E-state index in [1.54, 1.807) is 28.8 Å². The van der Waals surface area contributed by atoms with Gasteiger partial charge in [-0.1, -0.05) is 6.07 Å². The minimum absolute atomic E-state index is 0.00920. The first-order valence-corrected chi connectivity index (χ1v) is 10.2. The number of carbonyl (C=O) groups excluding carboxylic acids is 2. The summed E-state index contributed by atoms with van der Waals surface area (Å²) in [6, 6.07) is 8.53. The number of benzene rings is 1. The number of H-pyrrole nitrogens is 1. The first-order valence-electron chi connectivity index (χ1n) is 10.2. The van der Waals surface area contributed by atoms with Gasteiger partial charge in [0.1, 0.15) is 0 Å². The van der Waals surface area contributed by atoms with E-state index in [1.807, 2.05) is 18.7 Å². The van der Waals surface area contributed by atoms with Gasteiger partial charge in [0.2, 0.25) is 5.91 Å². The Labute approximate surface area is 173 Å². The summed E-state index contributed by atoms with van der Waals surface area (Å²) >= 11 is 0. The second-order valence-electron chi connectivity index (χ2n) is 7.70. The van der Waals surface area contributed by atoms with Crippen molar-refractivity contribution in [2.24, 2.45) is 0 Å². The standard InChI is InChI=1S/C22H25N5O3/c1-14-18(15(2)27-19(23-14)13-21(29)25-27)8-9-20(28)24-17-7-5-6-16(12-17)22(30)26-10-3-4-11-26/h5-7,12-13H,3-4,8-11H2,1-2H3,(H,24,28)(H,25,29). The molecule has 0 aliphatic carbocycles. The van der Waals surface area contributed by atoms with Crippen molar-refractivity contribution in [2.45, 2.75) is 39.5 Å². The van der Waals surface area contributed by atoms with Crippen LogP contribution in [0.15, 0.2) is 35.1 Å². The van der Waals surface area contributed by atoms with Crippen molar-refractivity contribution in [1.29, 1.82) is 0 Å². The first-order chi connectivity index (χ1) is 14.4. The van der Waals surface area contributed by atoms with Gasteiger partial charge in [0, 0.05) is 48.2 Å². The predicted octanol–water partition coefficient (Wildman–Crippen LogP) is 2.45. The molecule has 8 heteroatoms. The molecule has 1 aromatic carbocycles. The van der Waals surface area contributed by atoms with Crippen LogP contribution in [0.25, 0.3) is 5.65 Å². The third-order valence-corrected chi connectivity index (χ3v) is 5.59. The number of amides is 2. The van der Waals surface area contributed by atoms with Crippen LogP contribution < -0.4 is 10.9 Å². The number of hydrogen-bond donors (Lipinski definition) is 2. The van der Waals surface area contributed by atoms with Crippen molar-refractivity contribution < 1.29 is 9.59 Å². The van der Waals surface area contributed by atoms with Crippen LogP contribution in [0.4, 0.5) is 5.69 Å². The first kappa shape index (κ1) is 19.9. The van der Waals surface area contributed by atoms with Crippen molar-refractivity contribution in [3.05, 3.63) is 63.2 Å². The number of likely N-dealkylation sites (tertiary alicyclic amines) is 1. The summed E-state index contributed by atoms with van der Waals surface area (Å²) in [6.07, 6.45) is 2.85. The van der Waals surface area contributed by atoms with Crippen molar-refractivity contribution in [2.75, 3.05) is 18.4 Å². The minimum Gasteiger partial charge on any atom is -0.339 e. The van der Waals surface area contributed by atoms with Crippen molar-refractivity contribution in [3.63, 3.8) is 0 Å². The molecule has 0 bridgehead atoms. The van der Waals surface area contributed by atoms with Crippen LogP contribution >= 0.6 is 0 Å². The highest BCUT2D eigenvalue weighted by molar-refractivity contribution is 5.97. The lowest BCUT2D eigenvalue weighted by Gasteiger charge is -2.16. The van der Waals surface area contributed by atoms with Gasteiger partial charge >= 0.3 is 0 Å². The normalized spacial score (nSPS) is 13.7. The molecule has 0 atom stereocenters. The van der Waals surface area contributed by atoms with Crippen LogP contribution in [0.1, 0.15) is 46.6 Å². The smallest absolute Gasteiger partial charge is 0.266 e. The Morgan fingerprint density at radius 1 is 1.17 bits per heavy atom. The van der Waals surface area contributed by atoms with Gasteiger partial charge in [-0.25, -0.2) is 9.50 Å². The van der Waals surface area contributed by atoms with Crippen molar-refractivity contribution in [3.8, 4) is 0 Å². The van der Waals surface area contributed by atoms with Crippen LogP contribution in [0.2, 0.25) is 0 Å². The maximum Gasteiger partial charge on any atom is 0.266 e. The number of anilines is 1. The van der Waals surface area contributed by atoms with Gasteiger partial charge in [-0.3, -0.25) is 19.5 Å². The van der Waals surface area contributed by atoms with Crippen molar-refractivity contribution in [1.82, 2.24) is 19.5 Å². The number of nitrogens with one attached hydrogen (secondary N) is 2. The topological polar surface area (TPSA) is 99.6 Å². The van der Waals surface area contributed by atoms with E-state index in [-0.39, 0.29) is 23.8 Å². The van der Waals surface area contributed by atoms with Crippen LogP contribution in [-0.4, -0.2) is 44.4 Å². The van der Waals surface area contributed by atoms with Crippen LogP contribution in [0, 0.1) is 13.8 Å². The third-order valence-electron chi connectivity index (χ3n) is 5.59. The highest BCUT2D eigenvalue weighted by Crippen LogP contribution is 2.18. The molecule has 3 aromatic rings. The number of nitrogens with zero attached hydrogens (tertiary/aromatic N) is 3. The summed E-state index contributed by atoms with van der Waals surface area (Å²) in [4.78, 5) is 43.0. The molecule has 1 aliphatic rings. The van der Waals surface area contributed by atoms with Gasteiger partial charge in [-0.2, -0.15) is 0 Å². The molecule has 30 heavy (non-hydrogen) atoms. The van der Waals surface area contributed by atoms with Gasteiger partial charge in [-0.15, -0.1) is 0 Å². The summed E-state index contributed by atoms with van der Waals surface area (Å²) in [6.45, 7) is 5.36. The monoisotopic (exact) mass is 407 g/mol. The summed E-state index contributed by atoms with van der Waals surface area (Å²) in [5.74, 6) is -0.129. The number of carbonyl (C=O) groups is 2. The summed E-state index contributed by atoms with van der Waals surface area (Å²) < 4.78 is 1.65. The Morgan fingerprint density at radius 3 is 2.70 bits per heavy atom. The average Bonchev–Trinajstić information content (AvgIpc) is 3.37. The fraction of sp³-hybridized carbons (Fsp3) is 0.364. The maximum atomic E-state index is 12.6. The zero-order valence-electron chi connectivity index (χ0n) is 17.2. The van der Waals surface area contributed by atoms with E-state index in [4.69, 9.17) is 0 Å². The van der Waals surface area contributed by atoms with Gasteiger partial charge in [0.05, 0.1) is 0 Å². The molecule has 8 nitrogen and oxygen atoms in total. The van der Waals surface area contributed by atoms with E-state index < -0.39 is 0 Å². The summed E-state index contributed by atoms with van der Waals surface area (Å²) in [7, 11) is 0. The quantitative estimate of drug-likeness (QED) is 0.679. The highest BCUT2D eigenvalue weighted by Gasteiger charge is 2.20. The van der Waals surface area contributed by atoms with Gasteiger partial charge in [0.15, 0.2) is 5.65 Å². The van der Waals surface area contributed by atoms with Gasteiger partial charge in [-0.05, 0) is 56.9 Å². The van der Waals surface area contributed by atoms with E-state index in [0.717, 1.165) is 42.9 Å². The fourth-order valence-electron chi connectivity index (χ4n) is 4.01. The zero-order valence-corrected chi connectivity index (χ0v) is 17.2. The molecular formula is C22H25N5O3. The molecule has 3 heterocycles. The average molecular weight is 407 g/mol. The van der Waals surface area contributed by atoms with E-state index >= 15 is 0 Å². The Balaban J connectivity index is 1.43. The lowest BCUT2D eigenvalue weighted by molar-refractivity contribution is -0.116. The predicted molar refractivity (Wildman–Crippen MR) is 114 cm³/mol. The molecule has 156 valence electrons. The number of aromatic nitrogens is 3. The molecule has 2 N–H and O–H groups in total. The molecule has 0 spiro atoms. The number of aryl methyl sites for hydroxylation is 2.